The normalized spacial score (nSPS) is 14.5. The summed E-state index contributed by atoms with van der Waals surface area (Å²) in [6.45, 7) is 1.08. The van der Waals surface area contributed by atoms with Crippen LogP contribution < -0.4 is 10.5 Å². The van der Waals surface area contributed by atoms with Crippen molar-refractivity contribution in [1.82, 2.24) is 0 Å². The number of carbonyl (C=O) groups is 1. The van der Waals surface area contributed by atoms with Crippen molar-refractivity contribution in [2.75, 3.05) is 13.2 Å². The molecule has 124 valence electrons. The van der Waals surface area contributed by atoms with E-state index in [1.54, 1.807) is 31.2 Å². The summed E-state index contributed by atoms with van der Waals surface area (Å²) < 4.78 is 41.2. The monoisotopic (exact) mass is 319 g/mol. The summed E-state index contributed by atoms with van der Waals surface area (Å²) in [6.07, 6.45) is -5.16. The molecule has 0 unspecified atom stereocenters. The van der Waals surface area contributed by atoms with Crippen LogP contribution in [0.25, 0.3) is 0 Å². The number of alkyl halides is 3. The zero-order chi connectivity index (χ0) is 16.8. The third-order valence-corrected chi connectivity index (χ3v) is 3.13. The minimum absolute atomic E-state index is 0.00468. The van der Waals surface area contributed by atoms with E-state index < -0.39 is 24.7 Å². The maximum atomic E-state index is 12.0. The average Bonchev–Trinajstić information content (AvgIpc) is 2.42. The fraction of sp³-hybridized carbons (Fsp3) is 0.533. The largest absolute Gasteiger partial charge is 0.494 e. The van der Waals surface area contributed by atoms with Gasteiger partial charge in [0.2, 0.25) is 0 Å². The number of carbonyl (C=O) groups excluding carboxylic acids is 1. The summed E-state index contributed by atoms with van der Waals surface area (Å²) in [6, 6.07) is 6.50. The zero-order valence-corrected chi connectivity index (χ0v) is 12.3. The number of benzene rings is 1. The second-order valence-corrected chi connectivity index (χ2v) is 5.38. The molecule has 1 aromatic rings. The first kappa shape index (κ1) is 18.4. The fourth-order valence-corrected chi connectivity index (χ4v) is 1.96. The van der Waals surface area contributed by atoms with Gasteiger partial charge < -0.3 is 15.6 Å². The number of aliphatic hydroxyl groups excluding tert-OH is 1. The molecule has 3 N–H and O–H groups in total. The quantitative estimate of drug-likeness (QED) is 0.722. The molecule has 0 aliphatic carbocycles. The number of ketones is 1. The number of halogens is 3. The molecule has 1 aromatic carbocycles. The van der Waals surface area contributed by atoms with Crippen molar-refractivity contribution in [2.45, 2.75) is 37.9 Å². The van der Waals surface area contributed by atoms with Crippen LogP contribution in [0.15, 0.2) is 24.3 Å². The van der Waals surface area contributed by atoms with Crippen LogP contribution in [-0.2, 0) is 10.3 Å². The second kappa shape index (κ2) is 7.60. The SMILES string of the molecule is C[C@](N)(CC(=O)CO)c1ccc(OCCCC(F)(F)F)cc1. The van der Waals surface area contributed by atoms with Gasteiger partial charge in [-0.25, -0.2) is 0 Å². The number of aliphatic hydroxyl groups is 1. The Hall–Kier alpha value is -1.60. The molecule has 0 aromatic heterocycles. The van der Waals surface area contributed by atoms with Crippen molar-refractivity contribution >= 4 is 5.78 Å². The van der Waals surface area contributed by atoms with Crippen LogP contribution in [0, 0.1) is 0 Å². The van der Waals surface area contributed by atoms with Crippen LogP contribution >= 0.6 is 0 Å². The van der Waals surface area contributed by atoms with Crippen molar-refractivity contribution in [3.05, 3.63) is 29.8 Å². The van der Waals surface area contributed by atoms with Gasteiger partial charge in [-0.2, -0.15) is 13.2 Å². The van der Waals surface area contributed by atoms with Gasteiger partial charge >= 0.3 is 6.18 Å². The summed E-state index contributed by atoms with van der Waals surface area (Å²) in [5.41, 5.74) is 5.79. The molecule has 7 heteroatoms. The second-order valence-electron chi connectivity index (χ2n) is 5.38. The molecule has 0 radical (unpaired) electrons. The molecule has 4 nitrogen and oxygen atoms in total. The van der Waals surface area contributed by atoms with E-state index in [-0.39, 0.29) is 25.2 Å². The highest BCUT2D eigenvalue weighted by Crippen LogP contribution is 2.25. The van der Waals surface area contributed by atoms with Crippen molar-refractivity contribution in [3.8, 4) is 5.75 Å². The highest BCUT2D eigenvalue weighted by atomic mass is 19.4. The van der Waals surface area contributed by atoms with Crippen LogP contribution in [0.5, 0.6) is 5.75 Å². The van der Waals surface area contributed by atoms with Crippen LogP contribution in [0.3, 0.4) is 0 Å². The molecule has 1 atom stereocenters. The van der Waals surface area contributed by atoms with E-state index in [2.05, 4.69) is 0 Å². The highest BCUT2D eigenvalue weighted by Gasteiger charge is 2.26. The van der Waals surface area contributed by atoms with Gasteiger partial charge in [0.1, 0.15) is 12.4 Å². The average molecular weight is 319 g/mol. The molecule has 0 heterocycles. The maximum absolute atomic E-state index is 12.0. The summed E-state index contributed by atoms with van der Waals surface area (Å²) in [7, 11) is 0. The van der Waals surface area contributed by atoms with E-state index in [1.807, 2.05) is 0 Å². The van der Waals surface area contributed by atoms with Gasteiger partial charge in [0.05, 0.1) is 6.61 Å². The smallest absolute Gasteiger partial charge is 0.389 e. The van der Waals surface area contributed by atoms with E-state index in [4.69, 9.17) is 15.6 Å². The van der Waals surface area contributed by atoms with Crippen LogP contribution in [0.2, 0.25) is 0 Å². The molecule has 0 saturated heterocycles. The Bertz CT molecular complexity index is 484. The third-order valence-electron chi connectivity index (χ3n) is 3.13. The van der Waals surface area contributed by atoms with E-state index in [0.29, 0.717) is 11.3 Å². The van der Waals surface area contributed by atoms with E-state index in [1.165, 1.54) is 0 Å². The van der Waals surface area contributed by atoms with Crippen LogP contribution in [0.1, 0.15) is 31.7 Å². The lowest BCUT2D eigenvalue weighted by Gasteiger charge is -2.24. The minimum Gasteiger partial charge on any atom is -0.494 e. The molecule has 0 bridgehead atoms. The first-order valence-corrected chi connectivity index (χ1v) is 6.85. The predicted octanol–water partition coefficient (Wildman–Crippen LogP) is 2.53. The van der Waals surface area contributed by atoms with E-state index in [9.17, 15) is 18.0 Å². The van der Waals surface area contributed by atoms with Crippen molar-refractivity contribution in [3.63, 3.8) is 0 Å². The summed E-state index contributed by atoms with van der Waals surface area (Å²) in [5, 5.41) is 8.76. The number of ether oxygens (including phenoxy) is 1. The van der Waals surface area contributed by atoms with Crippen molar-refractivity contribution < 1.29 is 27.8 Å². The lowest BCUT2D eigenvalue weighted by molar-refractivity contribution is -0.136. The molecule has 1 rings (SSSR count). The third kappa shape index (κ3) is 6.44. The number of hydrogen-bond acceptors (Lipinski definition) is 4. The molecule has 0 aliphatic rings. The molecule has 0 amide bonds. The summed E-state index contributed by atoms with van der Waals surface area (Å²) >= 11 is 0. The molecule has 0 fully saturated rings. The molecule has 22 heavy (non-hydrogen) atoms. The van der Waals surface area contributed by atoms with Crippen LogP contribution in [-0.4, -0.2) is 30.3 Å². The highest BCUT2D eigenvalue weighted by molar-refractivity contribution is 5.80. The summed E-state index contributed by atoms with van der Waals surface area (Å²) in [5.74, 6) is 0.0766. The Morgan fingerprint density at radius 3 is 2.36 bits per heavy atom. The topological polar surface area (TPSA) is 72.6 Å². The van der Waals surface area contributed by atoms with Gasteiger partial charge in [-0.05, 0) is 31.0 Å². The molecular formula is C15H20F3NO3. The van der Waals surface area contributed by atoms with Crippen LogP contribution in [0.4, 0.5) is 13.2 Å². The Labute approximate surface area is 127 Å². The van der Waals surface area contributed by atoms with Gasteiger partial charge in [0.15, 0.2) is 5.78 Å². The first-order valence-electron chi connectivity index (χ1n) is 6.85. The molecule has 0 aliphatic heterocycles. The van der Waals surface area contributed by atoms with Crippen molar-refractivity contribution in [2.24, 2.45) is 5.73 Å². The molecule has 0 saturated carbocycles. The lowest BCUT2D eigenvalue weighted by atomic mass is 9.88. The zero-order valence-electron chi connectivity index (χ0n) is 12.3. The Kier molecular flexibility index (Phi) is 6.37. The van der Waals surface area contributed by atoms with Gasteiger partial charge in [-0.15, -0.1) is 0 Å². The lowest BCUT2D eigenvalue weighted by Crippen LogP contribution is -2.36. The Morgan fingerprint density at radius 2 is 1.86 bits per heavy atom. The molecule has 0 spiro atoms. The van der Waals surface area contributed by atoms with Gasteiger partial charge in [-0.1, -0.05) is 12.1 Å². The van der Waals surface area contributed by atoms with Crippen molar-refractivity contribution in [1.29, 1.82) is 0 Å². The van der Waals surface area contributed by atoms with E-state index >= 15 is 0 Å². The number of hydrogen-bond donors (Lipinski definition) is 2. The fourth-order valence-electron chi connectivity index (χ4n) is 1.96. The van der Waals surface area contributed by atoms with Gasteiger partial charge in [0.25, 0.3) is 0 Å². The number of nitrogens with two attached hydrogens (primary N) is 1. The number of rotatable bonds is 8. The summed E-state index contributed by atoms with van der Waals surface area (Å²) in [4.78, 5) is 11.3. The predicted molar refractivity (Wildman–Crippen MR) is 75.5 cm³/mol. The first-order chi connectivity index (χ1) is 10.1. The maximum Gasteiger partial charge on any atom is 0.389 e. The van der Waals surface area contributed by atoms with Gasteiger partial charge in [-0.3, -0.25) is 4.79 Å². The van der Waals surface area contributed by atoms with Gasteiger partial charge in [0, 0.05) is 18.4 Å². The number of Topliss-reactive ketones (excluding diaryl/α,β-unsaturated/α-hetero) is 1. The Morgan fingerprint density at radius 1 is 1.27 bits per heavy atom. The Balaban J connectivity index is 2.54. The minimum atomic E-state index is -4.17. The standard InChI is InChI=1S/C15H20F3NO3/c1-14(19,9-12(21)10-20)11-3-5-13(6-4-11)22-8-2-7-15(16,17)18/h3-6,20H,2,7-10,19H2,1H3/t14-/m0/s1. The molecular weight excluding hydrogens is 299 g/mol. The van der Waals surface area contributed by atoms with E-state index in [0.717, 1.165) is 0 Å².